The molecule has 0 radical (unpaired) electrons. The lowest BCUT2D eigenvalue weighted by Gasteiger charge is -2.49. The van der Waals surface area contributed by atoms with Crippen molar-refractivity contribution in [2.24, 2.45) is 0 Å². The van der Waals surface area contributed by atoms with E-state index < -0.39 is 0 Å². The van der Waals surface area contributed by atoms with E-state index in [0.717, 1.165) is 74.2 Å². The minimum absolute atomic E-state index is 0.0244. The van der Waals surface area contributed by atoms with Crippen molar-refractivity contribution in [3.05, 3.63) is 58.7 Å². The number of nitrogens with zero attached hydrogens (tertiary/aromatic N) is 2. The first-order valence-electron chi connectivity index (χ1n) is 11.9. The summed E-state index contributed by atoms with van der Waals surface area (Å²) in [4.78, 5) is 14.6. The molecule has 1 aliphatic carbocycles. The molecule has 1 spiro atoms. The zero-order valence-corrected chi connectivity index (χ0v) is 19.4. The average Bonchev–Trinajstić information content (AvgIpc) is 2.83. The van der Waals surface area contributed by atoms with E-state index in [9.17, 15) is 10.1 Å². The van der Waals surface area contributed by atoms with Crippen LogP contribution in [0.5, 0.6) is 11.5 Å². The van der Waals surface area contributed by atoms with Crippen molar-refractivity contribution in [2.75, 3.05) is 20.2 Å². The van der Waals surface area contributed by atoms with Crippen LogP contribution in [0.2, 0.25) is 0 Å². The predicted octanol–water partition coefficient (Wildman–Crippen LogP) is 3.92. The van der Waals surface area contributed by atoms with Crippen LogP contribution in [0.25, 0.3) is 0 Å². The number of hydrogen-bond donors (Lipinski definition) is 1. The van der Waals surface area contributed by atoms with Gasteiger partial charge < -0.3 is 14.8 Å². The van der Waals surface area contributed by atoms with Gasteiger partial charge in [-0.25, -0.2) is 0 Å². The number of nitriles is 1. The van der Waals surface area contributed by atoms with Crippen molar-refractivity contribution in [3.8, 4) is 17.6 Å². The maximum Gasteiger partial charge on any atom is 0.217 e. The van der Waals surface area contributed by atoms with Crippen molar-refractivity contribution in [1.29, 1.82) is 5.26 Å². The van der Waals surface area contributed by atoms with Crippen LogP contribution in [0, 0.1) is 11.3 Å². The third kappa shape index (κ3) is 4.30. The minimum Gasteiger partial charge on any atom is -0.497 e. The number of carbonyl (C=O) groups is 1. The Morgan fingerprint density at radius 2 is 2.03 bits per heavy atom. The summed E-state index contributed by atoms with van der Waals surface area (Å²) in [6.45, 7) is 3.56. The van der Waals surface area contributed by atoms with Gasteiger partial charge in [0.05, 0.1) is 24.8 Å². The molecule has 0 aromatic heterocycles. The van der Waals surface area contributed by atoms with Crippen LogP contribution in [-0.2, 0) is 17.6 Å². The van der Waals surface area contributed by atoms with Crippen molar-refractivity contribution in [3.63, 3.8) is 0 Å². The lowest BCUT2D eigenvalue weighted by atomic mass is 9.79. The third-order valence-corrected chi connectivity index (χ3v) is 7.64. The highest BCUT2D eigenvalue weighted by Gasteiger charge is 2.44. The number of ether oxygens (including phenoxy) is 2. The van der Waals surface area contributed by atoms with Crippen LogP contribution < -0.4 is 14.8 Å². The van der Waals surface area contributed by atoms with E-state index in [1.807, 2.05) is 24.3 Å². The zero-order chi connectivity index (χ0) is 23.0. The van der Waals surface area contributed by atoms with Crippen molar-refractivity contribution >= 4 is 5.91 Å². The fraction of sp³-hybridized carbons (Fsp3) is 0.481. The number of aryl methyl sites for hydroxylation is 1. The standard InChI is InChI=1S/C27H31N3O3/c1-18(31)29-25-16-27(33-26-8-7-23(32-2)15-24(25)26)9-11-30(12-10-27)22-6-5-20-13-19(17-28)3-4-21(20)14-22/h3-4,7-8,13,15,22,25H,5-6,9-12,14,16H2,1-2H3,(H,29,31). The van der Waals surface area contributed by atoms with E-state index in [4.69, 9.17) is 9.47 Å². The van der Waals surface area contributed by atoms with E-state index in [0.29, 0.717) is 6.04 Å². The Morgan fingerprint density at radius 1 is 1.21 bits per heavy atom. The van der Waals surface area contributed by atoms with Gasteiger partial charge in [-0.05, 0) is 73.6 Å². The second kappa shape index (κ2) is 8.72. The van der Waals surface area contributed by atoms with Gasteiger partial charge in [0.15, 0.2) is 0 Å². The van der Waals surface area contributed by atoms with E-state index >= 15 is 0 Å². The van der Waals surface area contributed by atoms with Gasteiger partial charge in [0.25, 0.3) is 0 Å². The SMILES string of the molecule is COc1ccc2c(c1)C(NC(C)=O)CC1(CCN(C3CCc4cc(C#N)ccc4C3)CC1)O2. The molecule has 33 heavy (non-hydrogen) atoms. The summed E-state index contributed by atoms with van der Waals surface area (Å²) in [5.41, 5.74) is 4.22. The highest BCUT2D eigenvalue weighted by molar-refractivity contribution is 5.73. The molecule has 1 fully saturated rings. The highest BCUT2D eigenvalue weighted by Crippen LogP contribution is 2.46. The molecule has 3 aliphatic rings. The summed E-state index contributed by atoms with van der Waals surface area (Å²) >= 11 is 0. The minimum atomic E-state index is -0.251. The maximum absolute atomic E-state index is 11.9. The third-order valence-electron chi connectivity index (χ3n) is 7.64. The monoisotopic (exact) mass is 445 g/mol. The number of rotatable bonds is 3. The molecule has 5 rings (SSSR count). The molecule has 2 aliphatic heterocycles. The molecule has 2 aromatic carbocycles. The lowest BCUT2D eigenvalue weighted by molar-refractivity contribution is -0.120. The molecule has 172 valence electrons. The molecule has 2 unspecified atom stereocenters. The Labute approximate surface area is 195 Å². The fourth-order valence-electron chi connectivity index (χ4n) is 5.87. The molecule has 1 N–H and O–H groups in total. The second-order valence-electron chi connectivity index (χ2n) is 9.67. The lowest BCUT2D eigenvalue weighted by Crippen LogP contribution is -2.54. The van der Waals surface area contributed by atoms with E-state index in [1.165, 1.54) is 11.1 Å². The number of carbonyl (C=O) groups excluding carboxylic acids is 1. The molecule has 6 heteroatoms. The normalized spacial score (nSPS) is 23.5. The van der Waals surface area contributed by atoms with Crippen molar-refractivity contribution in [1.82, 2.24) is 10.2 Å². The van der Waals surface area contributed by atoms with Crippen LogP contribution in [0.3, 0.4) is 0 Å². The first-order valence-corrected chi connectivity index (χ1v) is 11.9. The Morgan fingerprint density at radius 3 is 2.76 bits per heavy atom. The smallest absolute Gasteiger partial charge is 0.217 e. The summed E-state index contributed by atoms with van der Waals surface area (Å²) in [6.07, 6.45) is 5.90. The summed E-state index contributed by atoms with van der Waals surface area (Å²) in [7, 11) is 1.65. The van der Waals surface area contributed by atoms with Crippen LogP contribution in [0.1, 0.15) is 60.9 Å². The van der Waals surface area contributed by atoms with E-state index in [2.05, 4.69) is 28.4 Å². The summed E-state index contributed by atoms with van der Waals surface area (Å²) in [6, 6.07) is 14.7. The maximum atomic E-state index is 11.9. The number of likely N-dealkylation sites (tertiary alicyclic amines) is 1. The molecule has 1 saturated heterocycles. The zero-order valence-electron chi connectivity index (χ0n) is 19.4. The second-order valence-corrected chi connectivity index (χ2v) is 9.67. The number of fused-ring (bicyclic) bond motifs is 2. The summed E-state index contributed by atoms with van der Waals surface area (Å²) in [5, 5.41) is 12.3. The average molecular weight is 446 g/mol. The number of benzene rings is 2. The van der Waals surface area contributed by atoms with Gasteiger partial charge in [-0.1, -0.05) is 6.07 Å². The van der Waals surface area contributed by atoms with Crippen LogP contribution >= 0.6 is 0 Å². The van der Waals surface area contributed by atoms with Crippen LogP contribution in [0.4, 0.5) is 0 Å². The van der Waals surface area contributed by atoms with Gasteiger partial charge in [0, 0.05) is 38.0 Å². The molecular formula is C27H31N3O3. The predicted molar refractivity (Wildman–Crippen MR) is 125 cm³/mol. The van der Waals surface area contributed by atoms with Crippen molar-refractivity contribution < 1.29 is 14.3 Å². The summed E-state index contributed by atoms with van der Waals surface area (Å²) in [5.74, 6) is 1.61. The molecule has 0 bridgehead atoms. The molecular weight excluding hydrogens is 414 g/mol. The van der Waals surface area contributed by atoms with E-state index in [1.54, 1.807) is 14.0 Å². The molecule has 1 amide bonds. The molecule has 2 heterocycles. The van der Waals surface area contributed by atoms with Gasteiger partial charge in [-0.3, -0.25) is 9.69 Å². The number of nitrogens with one attached hydrogen (secondary N) is 1. The van der Waals surface area contributed by atoms with Gasteiger partial charge in [-0.2, -0.15) is 5.26 Å². The van der Waals surface area contributed by atoms with Gasteiger partial charge in [0.1, 0.15) is 17.1 Å². The number of amides is 1. The Kier molecular flexibility index (Phi) is 5.76. The number of methoxy groups -OCH3 is 1. The Bertz CT molecular complexity index is 1100. The fourth-order valence-corrected chi connectivity index (χ4v) is 5.87. The summed E-state index contributed by atoms with van der Waals surface area (Å²) < 4.78 is 12.0. The van der Waals surface area contributed by atoms with Gasteiger partial charge in [0.2, 0.25) is 5.91 Å². The molecule has 0 saturated carbocycles. The highest BCUT2D eigenvalue weighted by atomic mass is 16.5. The van der Waals surface area contributed by atoms with Crippen LogP contribution in [-0.4, -0.2) is 42.6 Å². The van der Waals surface area contributed by atoms with E-state index in [-0.39, 0.29) is 17.6 Å². The molecule has 2 atom stereocenters. The number of hydrogen-bond acceptors (Lipinski definition) is 5. The quantitative estimate of drug-likeness (QED) is 0.775. The van der Waals surface area contributed by atoms with Gasteiger partial charge in [-0.15, -0.1) is 0 Å². The van der Waals surface area contributed by atoms with Gasteiger partial charge >= 0.3 is 0 Å². The number of piperidine rings is 1. The Hall–Kier alpha value is -3.04. The Balaban J connectivity index is 1.29. The van der Waals surface area contributed by atoms with Crippen LogP contribution in [0.15, 0.2) is 36.4 Å². The molecule has 6 nitrogen and oxygen atoms in total. The largest absolute Gasteiger partial charge is 0.497 e. The van der Waals surface area contributed by atoms with Crippen molar-refractivity contribution in [2.45, 2.75) is 63.1 Å². The first kappa shape index (κ1) is 21.8. The first-order chi connectivity index (χ1) is 16.0. The topological polar surface area (TPSA) is 74.6 Å². The molecule has 2 aromatic rings.